The van der Waals surface area contributed by atoms with E-state index in [4.69, 9.17) is 28.1 Å². The number of aliphatic hydroxyl groups is 6. The molecule has 234 valence electrons. The molecule has 0 unspecified atom stereocenters. The van der Waals surface area contributed by atoms with Crippen molar-refractivity contribution in [2.24, 2.45) is 0 Å². The van der Waals surface area contributed by atoms with E-state index in [9.17, 15) is 45.6 Å². The van der Waals surface area contributed by atoms with Crippen LogP contribution in [0.25, 0.3) is 22.3 Å². The van der Waals surface area contributed by atoms with Gasteiger partial charge in [-0.3, -0.25) is 4.79 Å². The van der Waals surface area contributed by atoms with Gasteiger partial charge in [0.05, 0.1) is 19.8 Å². The first-order chi connectivity index (χ1) is 20.4. The van der Waals surface area contributed by atoms with Crippen molar-refractivity contribution >= 4 is 11.0 Å². The SMILES string of the molecule is COc1cc(O)c2c(=O)c(O[C@@H]3O[C@H](CO)[C@@H](O)[C@H](O)[C@@H]3O[C@@H]3O[C@H](C)[C@H](O)[C@H](O)[C@@H]3O)c(-c3cccc(O)c3)oc2c1. The Bertz CT molecular complexity index is 1510. The minimum atomic E-state index is -1.86. The van der Waals surface area contributed by atoms with Crippen molar-refractivity contribution in [2.45, 2.75) is 68.3 Å². The second kappa shape index (κ2) is 12.2. The van der Waals surface area contributed by atoms with Gasteiger partial charge >= 0.3 is 0 Å². The summed E-state index contributed by atoms with van der Waals surface area (Å²) in [5.74, 6) is -1.36. The largest absolute Gasteiger partial charge is 0.508 e. The molecule has 2 fully saturated rings. The van der Waals surface area contributed by atoms with Crippen LogP contribution in [0.4, 0.5) is 0 Å². The van der Waals surface area contributed by atoms with E-state index in [-0.39, 0.29) is 33.8 Å². The highest BCUT2D eigenvalue weighted by Crippen LogP contribution is 2.38. The van der Waals surface area contributed by atoms with Crippen LogP contribution in [0.2, 0.25) is 0 Å². The predicted octanol–water partition coefficient (Wildman–Crippen LogP) is -1.09. The van der Waals surface area contributed by atoms with Crippen LogP contribution in [0.15, 0.2) is 45.6 Å². The number of phenols is 2. The Hall–Kier alpha value is -3.51. The van der Waals surface area contributed by atoms with Crippen molar-refractivity contribution < 1.29 is 69.0 Å². The van der Waals surface area contributed by atoms with E-state index in [2.05, 4.69) is 0 Å². The van der Waals surface area contributed by atoms with Crippen LogP contribution in [-0.4, -0.2) is 116 Å². The first-order valence-electron chi connectivity index (χ1n) is 13.3. The zero-order valence-corrected chi connectivity index (χ0v) is 22.9. The van der Waals surface area contributed by atoms with Crippen LogP contribution < -0.4 is 14.9 Å². The molecule has 2 aliphatic rings. The van der Waals surface area contributed by atoms with E-state index < -0.39 is 84.9 Å². The normalized spacial score (nSPS) is 32.9. The summed E-state index contributed by atoms with van der Waals surface area (Å²) in [6.45, 7) is 0.611. The van der Waals surface area contributed by atoms with Crippen molar-refractivity contribution in [3.63, 3.8) is 0 Å². The highest BCUT2D eigenvalue weighted by molar-refractivity contribution is 5.88. The molecule has 2 saturated heterocycles. The minimum Gasteiger partial charge on any atom is -0.508 e. The van der Waals surface area contributed by atoms with E-state index >= 15 is 0 Å². The van der Waals surface area contributed by atoms with Gasteiger partial charge in [0.25, 0.3) is 0 Å². The average Bonchev–Trinajstić information content (AvgIpc) is 2.98. The number of methoxy groups -OCH3 is 1. The molecule has 3 heterocycles. The summed E-state index contributed by atoms with van der Waals surface area (Å²) in [6, 6.07) is 8.11. The number of fused-ring (bicyclic) bond motifs is 1. The summed E-state index contributed by atoms with van der Waals surface area (Å²) in [5, 5.41) is 82.5. The van der Waals surface area contributed by atoms with Crippen molar-refractivity contribution in [1.82, 2.24) is 0 Å². The topological polar surface area (TPSA) is 238 Å². The third-order valence-corrected chi connectivity index (χ3v) is 7.41. The maximum Gasteiger partial charge on any atom is 0.239 e. The fourth-order valence-electron chi connectivity index (χ4n) is 5.01. The summed E-state index contributed by atoms with van der Waals surface area (Å²) in [7, 11) is 1.34. The highest BCUT2D eigenvalue weighted by Gasteiger charge is 2.51. The van der Waals surface area contributed by atoms with Gasteiger partial charge < -0.3 is 69.0 Å². The molecular formula is C28H32O15. The molecule has 0 spiro atoms. The van der Waals surface area contributed by atoms with Gasteiger partial charge in [0.1, 0.15) is 64.8 Å². The first-order valence-corrected chi connectivity index (χ1v) is 13.3. The minimum absolute atomic E-state index is 0.103. The maximum absolute atomic E-state index is 13.8. The van der Waals surface area contributed by atoms with Gasteiger partial charge in [0.2, 0.25) is 17.5 Å². The quantitative estimate of drug-likeness (QED) is 0.159. The average molecular weight is 609 g/mol. The lowest BCUT2D eigenvalue weighted by Crippen LogP contribution is -2.64. The molecule has 0 bridgehead atoms. The summed E-state index contributed by atoms with van der Waals surface area (Å²) < 4.78 is 33.9. The second-order valence-corrected chi connectivity index (χ2v) is 10.3. The molecule has 2 aromatic carbocycles. The zero-order chi connectivity index (χ0) is 31.2. The van der Waals surface area contributed by atoms with Crippen molar-refractivity contribution in [2.75, 3.05) is 13.7 Å². The summed E-state index contributed by atoms with van der Waals surface area (Å²) in [5.41, 5.74) is -0.862. The van der Waals surface area contributed by atoms with E-state index in [1.54, 1.807) is 0 Å². The van der Waals surface area contributed by atoms with Gasteiger partial charge in [-0.25, -0.2) is 0 Å². The number of benzene rings is 2. The molecule has 0 saturated carbocycles. The Kier molecular flexibility index (Phi) is 8.80. The lowest BCUT2D eigenvalue weighted by Gasteiger charge is -2.45. The number of hydrogen-bond donors (Lipinski definition) is 8. The first kappa shape index (κ1) is 30.9. The van der Waals surface area contributed by atoms with Gasteiger partial charge in [-0.1, -0.05) is 12.1 Å². The number of aliphatic hydroxyl groups excluding tert-OH is 6. The molecule has 15 heteroatoms. The fourth-order valence-corrected chi connectivity index (χ4v) is 5.01. The molecule has 0 radical (unpaired) electrons. The molecule has 3 aromatic rings. The van der Waals surface area contributed by atoms with Crippen LogP contribution in [0.5, 0.6) is 23.0 Å². The molecule has 5 rings (SSSR count). The third kappa shape index (κ3) is 5.74. The van der Waals surface area contributed by atoms with Gasteiger partial charge in [-0.05, 0) is 19.1 Å². The Morgan fingerprint density at radius 3 is 2.30 bits per heavy atom. The Balaban J connectivity index is 1.61. The molecule has 8 N–H and O–H groups in total. The molecule has 0 amide bonds. The number of phenolic OH excluding ortho intramolecular Hbond substituents is 2. The lowest BCUT2D eigenvalue weighted by molar-refractivity contribution is -0.354. The van der Waals surface area contributed by atoms with Crippen LogP contribution in [0.3, 0.4) is 0 Å². The number of ether oxygens (including phenoxy) is 5. The van der Waals surface area contributed by atoms with Gasteiger partial charge in [0.15, 0.2) is 18.2 Å². The Morgan fingerprint density at radius 1 is 0.884 bits per heavy atom. The molecule has 15 nitrogen and oxygen atoms in total. The van der Waals surface area contributed by atoms with Crippen LogP contribution in [0.1, 0.15) is 6.92 Å². The molecule has 43 heavy (non-hydrogen) atoms. The number of rotatable bonds is 7. The van der Waals surface area contributed by atoms with E-state index in [1.165, 1.54) is 50.4 Å². The van der Waals surface area contributed by atoms with Gasteiger partial charge in [-0.2, -0.15) is 0 Å². The third-order valence-electron chi connectivity index (χ3n) is 7.41. The molecule has 10 atom stereocenters. The van der Waals surface area contributed by atoms with Crippen molar-refractivity contribution in [1.29, 1.82) is 0 Å². The Labute approximate surface area is 243 Å². The van der Waals surface area contributed by atoms with E-state index in [1.807, 2.05) is 0 Å². The van der Waals surface area contributed by atoms with Crippen LogP contribution in [0, 0.1) is 0 Å². The standard InChI is InChI=1S/C28H32O15/c1-10-18(32)21(35)23(37)27(39-10)43-26-22(36)19(33)16(9-29)41-28(26)42-25-20(34)17-14(31)7-13(38-2)8-15(17)40-24(25)11-4-3-5-12(30)6-11/h3-8,10,16,18-19,21-23,26-33,35-37H,9H2,1-2H3/t10-,16-,18+,19-,21+,22+,23+,26+,27+,28+/m1/s1. The van der Waals surface area contributed by atoms with Crippen molar-refractivity contribution in [3.05, 3.63) is 46.6 Å². The van der Waals surface area contributed by atoms with Crippen LogP contribution >= 0.6 is 0 Å². The van der Waals surface area contributed by atoms with E-state index in [0.29, 0.717) is 0 Å². The summed E-state index contributed by atoms with van der Waals surface area (Å²) in [4.78, 5) is 13.8. The molecule has 2 aliphatic heterocycles. The van der Waals surface area contributed by atoms with E-state index in [0.717, 1.165) is 0 Å². The molecule has 0 aliphatic carbocycles. The number of aromatic hydroxyl groups is 2. The van der Waals surface area contributed by atoms with Crippen LogP contribution in [-0.2, 0) is 14.2 Å². The van der Waals surface area contributed by atoms with Crippen molar-refractivity contribution in [3.8, 4) is 34.3 Å². The predicted molar refractivity (Wildman–Crippen MR) is 143 cm³/mol. The highest BCUT2D eigenvalue weighted by atomic mass is 16.8. The zero-order valence-electron chi connectivity index (χ0n) is 22.9. The molecular weight excluding hydrogens is 576 g/mol. The Morgan fingerprint density at radius 2 is 1.63 bits per heavy atom. The molecule has 1 aromatic heterocycles. The van der Waals surface area contributed by atoms with Gasteiger partial charge in [0, 0.05) is 17.7 Å². The smallest absolute Gasteiger partial charge is 0.239 e. The summed E-state index contributed by atoms with van der Waals surface area (Å²) in [6.07, 6.45) is -16.2. The fraction of sp³-hybridized carbons (Fsp3) is 0.464. The summed E-state index contributed by atoms with van der Waals surface area (Å²) >= 11 is 0. The van der Waals surface area contributed by atoms with Gasteiger partial charge in [-0.15, -0.1) is 0 Å². The monoisotopic (exact) mass is 608 g/mol. The maximum atomic E-state index is 13.8. The lowest BCUT2D eigenvalue weighted by atomic mass is 9.97. The number of hydrogen-bond acceptors (Lipinski definition) is 15. The second-order valence-electron chi connectivity index (χ2n) is 10.3.